The van der Waals surface area contributed by atoms with Gasteiger partial charge in [-0.05, 0) is 33.6 Å². The molecule has 7 heavy (non-hydrogen) atoms. The van der Waals surface area contributed by atoms with Crippen molar-refractivity contribution in [3.8, 4) is 0 Å². The van der Waals surface area contributed by atoms with Crippen LogP contribution in [0.1, 0.15) is 0 Å². The van der Waals surface area contributed by atoms with Crippen LogP contribution in [0, 0.1) is 6.42 Å². The topological polar surface area (TPSA) is 24.1 Å². The monoisotopic (exact) mass is 101 g/mol. The Bertz CT molecular complexity index is 25.3. The van der Waals surface area contributed by atoms with Gasteiger partial charge < -0.3 is 10.6 Å². The van der Waals surface area contributed by atoms with Gasteiger partial charge in [0.05, 0.1) is 0 Å². The lowest BCUT2D eigenvalue weighted by Crippen LogP contribution is -2.16. The van der Waals surface area contributed by atoms with Gasteiger partial charge in [0.25, 0.3) is 0 Å². The third-order valence-corrected chi connectivity index (χ3v) is 0.697. The fourth-order valence-corrected chi connectivity index (χ4v) is 0.361. The molecule has 0 bridgehead atoms. The van der Waals surface area contributed by atoms with Crippen LogP contribution in [0.5, 0.6) is 0 Å². The molecular formula is C5H13N2. The summed E-state index contributed by atoms with van der Waals surface area (Å²) in [5, 5.41) is 6.01. The van der Waals surface area contributed by atoms with E-state index in [2.05, 4.69) is 17.1 Å². The van der Waals surface area contributed by atoms with Crippen LogP contribution in [0.4, 0.5) is 0 Å². The van der Waals surface area contributed by atoms with Crippen LogP contribution in [-0.2, 0) is 0 Å². The first-order valence-corrected chi connectivity index (χ1v) is 2.52. The van der Waals surface area contributed by atoms with Crippen molar-refractivity contribution in [2.45, 2.75) is 0 Å². The van der Waals surface area contributed by atoms with Crippen molar-refractivity contribution >= 4 is 0 Å². The predicted octanol–water partition coefficient (Wildman–Crippen LogP) is -0.371. The SMILES string of the molecule is CNC[CH]CNC. The Labute approximate surface area is 45.3 Å². The molecule has 0 unspecified atom stereocenters. The van der Waals surface area contributed by atoms with E-state index in [1.807, 2.05) is 14.1 Å². The zero-order valence-corrected chi connectivity index (χ0v) is 4.99. The zero-order valence-electron chi connectivity index (χ0n) is 4.99. The molecule has 43 valence electrons. The number of hydrogen-bond donors (Lipinski definition) is 2. The summed E-state index contributed by atoms with van der Waals surface area (Å²) in [5.41, 5.74) is 0. The minimum Gasteiger partial charge on any atom is -0.319 e. The molecule has 0 aliphatic carbocycles. The maximum absolute atomic E-state index is 3.01. The van der Waals surface area contributed by atoms with Crippen molar-refractivity contribution in [1.82, 2.24) is 10.6 Å². The summed E-state index contributed by atoms with van der Waals surface area (Å²) in [7, 11) is 3.87. The molecule has 0 heterocycles. The standard InChI is InChI=1S/C5H13N2/c1-6-4-3-5-7-2/h3,6-7H,4-5H2,1-2H3. The highest BCUT2D eigenvalue weighted by Gasteiger charge is 1.78. The van der Waals surface area contributed by atoms with E-state index in [0.29, 0.717) is 0 Å². The maximum atomic E-state index is 3.01. The van der Waals surface area contributed by atoms with Crippen LogP contribution in [-0.4, -0.2) is 27.2 Å². The Morgan fingerprint density at radius 3 is 1.86 bits per heavy atom. The molecule has 1 radical (unpaired) electrons. The highest BCUT2D eigenvalue weighted by atomic mass is 14.8. The molecule has 0 aromatic rings. The van der Waals surface area contributed by atoms with Gasteiger partial charge in [-0.1, -0.05) is 0 Å². The average Bonchev–Trinajstić information content (AvgIpc) is 1.69. The lowest BCUT2D eigenvalue weighted by molar-refractivity contribution is 0.792. The van der Waals surface area contributed by atoms with Crippen LogP contribution in [0.15, 0.2) is 0 Å². The van der Waals surface area contributed by atoms with Gasteiger partial charge in [-0.25, -0.2) is 0 Å². The van der Waals surface area contributed by atoms with Gasteiger partial charge in [-0.3, -0.25) is 0 Å². The van der Waals surface area contributed by atoms with Crippen LogP contribution in [0.25, 0.3) is 0 Å². The van der Waals surface area contributed by atoms with Crippen LogP contribution in [0.2, 0.25) is 0 Å². The Balaban J connectivity index is 2.45. The normalized spacial score (nSPS) is 9.43. The molecule has 2 N–H and O–H groups in total. The first-order valence-electron chi connectivity index (χ1n) is 2.52. The van der Waals surface area contributed by atoms with Crippen LogP contribution >= 0.6 is 0 Å². The largest absolute Gasteiger partial charge is 0.319 e. The molecule has 0 atom stereocenters. The lowest BCUT2D eigenvalue weighted by atomic mass is 10.4. The second-order valence-corrected chi connectivity index (χ2v) is 1.40. The summed E-state index contributed by atoms with van der Waals surface area (Å²) < 4.78 is 0. The molecule has 0 spiro atoms. The summed E-state index contributed by atoms with van der Waals surface area (Å²) >= 11 is 0. The van der Waals surface area contributed by atoms with Crippen molar-refractivity contribution in [2.75, 3.05) is 27.2 Å². The minimum atomic E-state index is 0.987. The van der Waals surface area contributed by atoms with Crippen molar-refractivity contribution < 1.29 is 0 Å². The van der Waals surface area contributed by atoms with Gasteiger partial charge in [-0.15, -0.1) is 0 Å². The Morgan fingerprint density at radius 1 is 1.14 bits per heavy atom. The summed E-state index contributed by atoms with van der Waals surface area (Å²) in [6.07, 6.45) is 2.14. The molecular weight excluding hydrogens is 88.1 g/mol. The molecule has 0 aromatic heterocycles. The van der Waals surface area contributed by atoms with Gasteiger partial charge in [0.2, 0.25) is 0 Å². The van der Waals surface area contributed by atoms with Crippen molar-refractivity contribution in [2.24, 2.45) is 0 Å². The van der Waals surface area contributed by atoms with E-state index in [9.17, 15) is 0 Å². The highest BCUT2D eigenvalue weighted by Crippen LogP contribution is 1.64. The summed E-state index contributed by atoms with van der Waals surface area (Å²) in [4.78, 5) is 0. The van der Waals surface area contributed by atoms with Crippen molar-refractivity contribution in [3.05, 3.63) is 6.42 Å². The number of nitrogens with one attached hydrogen (secondary N) is 2. The maximum Gasteiger partial charge on any atom is -0.000776 e. The lowest BCUT2D eigenvalue weighted by Gasteiger charge is -1.94. The average molecular weight is 101 g/mol. The molecule has 0 amide bonds. The molecule has 2 nitrogen and oxygen atoms in total. The Hall–Kier alpha value is -0.0800. The van der Waals surface area contributed by atoms with Crippen molar-refractivity contribution in [1.29, 1.82) is 0 Å². The number of hydrogen-bond acceptors (Lipinski definition) is 2. The van der Waals surface area contributed by atoms with E-state index in [1.54, 1.807) is 0 Å². The molecule has 0 aliphatic heterocycles. The van der Waals surface area contributed by atoms with Crippen molar-refractivity contribution in [3.63, 3.8) is 0 Å². The summed E-state index contributed by atoms with van der Waals surface area (Å²) in [6.45, 7) is 1.97. The van der Waals surface area contributed by atoms with Gasteiger partial charge in [-0.2, -0.15) is 0 Å². The zero-order chi connectivity index (χ0) is 5.54. The van der Waals surface area contributed by atoms with E-state index in [1.165, 1.54) is 0 Å². The van der Waals surface area contributed by atoms with E-state index in [-0.39, 0.29) is 0 Å². The van der Waals surface area contributed by atoms with E-state index in [4.69, 9.17) is 0 Å². The van der Waals surface area contributed by atoms with E-state index < -0.39 is 0 Å². The minimum absolute atomic E-state index is 0.987. The third kappa shape index (κ3) is 5.92. The van der Waals surface area contributed by atoms with Crippen LogP contribution in [0.3, 0.4) is 0 Å². The number of rotatable bonds is 4. The molecule has 0 fully saturated rings. The molecule has 0 rings (SSSR count). The summed E-state index contributed by atoms with van der Waals surface area (Å²) in [5.74, 6) is 0. The molecule has 0 saturated heterocycles. The Kier molecular flexibility index (Phi) is 5.85. The quantitative estimate of drug-likeness (QED) is 0.472. The molecule has 0 aliphatic rings. The van der Waals surface area contributed by atoms with Gasteiger partial charge in [0.1, 0.15) is 0 Å². The smallest absolute Gasteiger partial charge is 0.000776 e. The van der Waals surface area contributed by atoms with Gasteiger partial charge in [0.15, 0.2) is 0 Å². The van der Waals surface area contributed by atoms with Gasteiger partial charge >= 0.3 is 0 Å². The molecule has 0 saturated carbocycles. The first kappa shape index (κ1) is 6.92. The second kappa shape index (κ2) is 5.92. The summed E-state index contributed by atoms with van der Waals surface area (Å²) in [6, 6.07) is 0. The van der Waals surface area contributed by atoms with Gasteiger partial charge in [0, 0.05) is 0 Å². The fourth-order valence-electron chi connectivity index (χ4n) is 0.361. The second-order valence-electron chi connectivity index (χ2n) is 1.40. The molecule has 0 aromatic carbocycles. The third-order valence-electron chi connectivity index (χ3n) is 0.697. The predicted molar refractivity (Wildman–Crippen MR) is 32.2 cm³/mol. The highest BCUT2D eigenvalue weighted by molar-refractivity contribution is 4.67. The first-order chi connectivity index (χ1) is 3.41. The molecule has 2 heteroatoms. The van der Waals surface area contributed by atoms with Crippen LogP contribution < -0.4 is 10.6 Å². The fraction of sp³-hybridized carbons (Fsp3) is 0.800. The van der Waals surface area contributed by atoms with E-state index in [0.717, 1.165) is 13.1 Å². The van der Waals surface area contributed by atoms with E-state index >= 15 is 0 Å². The Morgan fingerprint density at radius 2 is 1.57 bits per heavy atom.